The van der Waals surface area contributed by atoms with Crippen LogP contribution in [0.15, 0.2) is 0 Å². The van der Waals surface area contributed by atoms with Gasteiger partial charge in [-0.15, -0.1) is 0 Å². The van der Waals surface area contributed by atoms with Crippen molar-refractivity contribution in [2.45, 2.75) is 26.3 Å². The van der Waals surface area contributed by atoms with Crippen LogP contribution >= 0.6 is 0 Å². The first-order valence-electron chi connectivity index (χ1n) is 3.64. The first-order valence-corrected chi connectivity index (χ1v) is 3.64. The molecular weight excluding hydrogens is 146 g/mol. The maximum absolute atomic E-state index is 10.7. The Morgan fingerprint density at radius 1 is 1.64 bits per heavy atom. The molecule has 2 N–H and O–H groups in total. The van der Waals surface area contributed by atoms with E-state index in [1.165, 1.54) is 0 Å². The number of likely N-dealkylation sites (N-methyl/N-ethyl adjacent to an activating group) is 1. The smallest absolute Gasteiger partial charge is 0.307 e. The lowest BCUT2D eigenvalue weighted by atomic mass is 10.0. The van der Waals surface area contributed by atoms with E-state index in [2.05, 4.69) is 10.2 Å². The van der Waals surface area contributed by atoms with E-state index >= 15 is 0 Å². The van der Waals surface area contributed by atoms with Gasteiger partial charge in [-0.2, -0.15) is 5.26 Å². The van der Waals surface area contributed by atoms with E-state index < -0.39 is 12.0 Å². The summed E-state index contributed by atoms with van der Waals surface area (Å²) in [6.45, 7) is 3.99. The molecule has 0 spiro atoms. The summed E-state index contributed by atoms with van der Waals surface area (Å²) in [5, 5.41) is 10.8. The molecule has 0 aromatic heterocycles. The number of rotatable bonds is 4. The van der Waals surface area contributed by atoms with Crippen LogP contribution in [-0.2, 0) is 9.68 Å². The predicted octanol–water partition coefficient (Wildman–Crippen LogP) is 0.637. The molecule has 0 saturated heterocycles. The highest BCUT2D eigenvalue weighted by Crippen LogP contribution is 2.04. The monoisotopic (exact) mass is 161 g/mol. The van der Waals surface area contributed by atoms with Crippen molar-refractivity contribution in [2.75, 3.05) is 7.05 Å². The minimum absolute atomic E-state index is 0.395. The summed E-state index contributed by atoms with van der Waals surface area (Å²) in [6, 6.07) is -0.403. The van der Waals surface area contributed by atoms with Crippen molar-refractivity contribution < 1.29 is 14.9 Å². The molecule has 4 nitrogen and oxygen atoms in total. The van der Waals surface area contributed by atoms with Gasteiger partial charge in [-0.05, 0) is 19.4 Å². The minimum atomic E-state index is -0.624. The van der Waals surface area contributed by atoms with Gasteiger partial charge in [0.25, 0.3) is 0 Å². The Morgan fingerprint density at radius 2 is 2.18 bits per heavy atom. The molecule has 66 valence electrons. The van der Waals surface area contributed by atoms with Gasteiger partial charge in [-0.1, -0.05) is 13.8 Å². The van der Waals surface area contributed by atoms with E-state index in [-0.39, 0.29) is 0 Å². The van der Waals surface area contributed by atoms with E-state index in [1.807, 2.05) is 13.8 Å². The molecule has 4 heteroatoms. The summed E-state index contributed by atoms with van der Waals surface area (Å²) < 4.78 is 0. The topological polar surface area (TPSA) is 58.6 Å². The van der Waals surface area contributed by atoms with Crippen molar-refractivity contribution in [1.29, 1.82) is 0 Å². The maximum Gasteiger partial charge on any atom is 0.358 e. The third-order valence-corrected chi connectivity index (χ3v) is 1.43. The summed E-state index contributed by atoms with van der Waals surface area (Å²) in [5.74, 6) is -0.229. The molecule has 0 aliphatic heterocycles. The molecule has 0 aromatic carbocycles. The lowest BCUT2D eigenvalue weighted by molar-refractivity contribution is -0.236. The van der Waals surface area contributed by atoms with Crippen LogP contribution in [-0.4, -0.2) is 24.3 Å². The third-order valence-electron chi connectivity index (χ3n) is 1.43. The molecule has 0 aliphatic rings. The van der Waals surface area contributed by atoms with Crippen molar-refractivity contribution in [2.24, 2.45) is 5.92 Å². The fraction of sp³-hybridized carbons (Fsp3) is 0.857. The van der Waals surface area contributed by atoms with Crippen molar-refractivity contribution in [3.05, 3.63) is 0 Å². The van der Waals surface area contributed by atoms with Crippen LogP contribution in [0.1, 0.15) is 20.3 Å². The van der Waals surface area contributed by atoms with E-state index in [0.29, 0.717) is 12.3 Å². The van der Waals surface area contributed by atoms with Crippen LogP contribution in [0, 0.1) is 5.92 Å². The summed E-state index contributed by atoms with van der Waals surface area (Å²) in [6.07, 6.45) is 0.663. The average Bonchev–Trinajstić information content (AvgIpc) is 1.98. The van der Waals surface area contributed by atoms with Crippen molar-refractivity contribution >= 4 is 5.97 Å². The van der Waals surface area contributed by atoms with E-state index in [9.17, 15) is 4.79 Å². The Bertz CT molecular complexity index is 125. The molecule has 11 heavy (non-hydrogen) atoms. The molecule has 0 aromatic rings. The summed E-state index contributed by atoms with van der Waals surface area (Å²) in [7, 11) is 1.66. The zero-order valence-electron chi connectivity index (χ0n) is 7.13. The van der Waals surface area contributed by atoms with Crippen LogP contribution in [0.2, 0.25) is 0 Å². The molecule has 0 rings (SSSR count). The lowest BCUT2D eigenvalue weighted by Crippen LogP contribution is -2.36. The Balaban J connectivity index is 3.84. The van der Waals surface area contributed by atoms with Gasteiger partial charge < -0.3 is 5.32 Å². The van der Waals surface area contributed by atoms with Crippen LogP contribution in [0.4, 0.5) is 0 Å². The van der Waals surface area contributed by atoms with Gasteiger partial charge in [0.05, 0.1) is 0 Å². The van der Waals surface area contributed by atoms with E-state index in [1.54, 1.807) is 7.05 Å². The minimum Gasteiger partial charge on any atom is -0.307 e. The van der Waals surface area contributed by atoms with Crippen LogP contribution in [0.25, 0.3) is 0 Å². The molecule has 0 saturated carbocycles. The van der Waals surface area contributed by atoms with Gasteiger partial charge in [0, 0.05) is 0 Å². The molecule has 0 aliphatic carbocycles. The molecule has 0 fully saturated rings. The Hall–Kier alpha value is -0.610. The third kappa shape index (κ3) is 3.95. The molecule has 0 unspecified atom stereocenters. The van der Waals surface area contributed by atoms with Gasteiger partial charge in [0.15, 0.2) is 0 Å². The predicted molar refractivity (Wildman–Crippen MR) is 41.0 cm³/mol. The van der Waals surface area contributed by atoms with Gasteiger partial charge in [-0.3, -0.25) is 4.89 Å². The lowest BCUT2D eigenvalue weighted by Gasteiger charge is -2.13. The summed E-state index contributed by atoms with van der Waals surface area (Å²) >= 11 is 0. The number of carbonyl (C=O) groups is 1. The van der Waals surface area contributed by atoms with Gasteiger partial charge in [0.1, 0.15) is 6.04 Å². The normalized spacial score (nSPS) is 13.2. The Kier molecular flexibility index (Phi) is 4.81. The highest BCUT2D eigenvalue weighted by molar-refractivity contribution is 5.74. The quantitative estimate of drug-likeness (QED) is 0.469. The SMILES string of the molecule is CN[C@@H](CC(C)C)C(=O)OO. The fourth-order valence-corrected chi connectivity index (χ4v) is 0.867. The Labute approximate surface area is 66.5 Å². The number of hydrogen-bond acceptors (Lipinski definition) is 4. The zero-order valence-corrected chi connectivity index (χ0v) is 7.13. The second-order valence-corrected chi connectivity index (χ2v) is 2.88. The molecular formula is C7H15NO3. The first-order chi connectivity index (χ1) is 5.11. The fourth-order valence-electron chi connectivity index (χ4n) is 0.867. The summed E-state index contributed by atoms with van der Waals surface area (Å²) in [4.78, 5) is 14.3. The van der Waals surface area contributed by atoms with Gasteiger partial charge in [0.2, 0.25) is 0 Å². The number of nitrogens with one attached hydrogen (secondary N) is 1. The van der Waals surface area contributed by atoms with Crippen LogP contribution in [0.3, 0.4) is 0 Å². The second kappa shape index (κ2) is 5.09. The molecule has 0 radical (unpaired) electrons. The van der Waals surface area contributed by atoms with Crippen LogP contribution in [0.5, 0.6) is 0 Å². The first kappa shape index (κ1) is 10.4. The zero-order chi connectivity index (χ0) is 8.85. The second-order valence-electron chi connectivity index (χ2n) is 2.88. The maximum atomic E-state index is 10.7. The standard InChI is InChI=1S/C7H15NO3/c1-5(2)4-6(8-3)7(9)11-10/h5-6,8,10H,4H2,1-3H3/t6-/m0/s1. The molecule has 0 heterocycles. The van der Waals surface area contributed by atoms with E-state index in [4.69, 9.17) is 5.26 Å². The number of hydrogen-bond donors (Lipinski definition) is 2. The average molecular weight is 161 g/mol. The van der Waals surface area contributed by atoms with E-state index in [0.717, 1.165) is 0 Å². The van der Waals surface area contributed by atoms with Crippen molar-refractivity contribution in [3.8, 4) is 0 Å². The highest BCUT2D eigenvalue weighted by atomic mass is 17.1. The van der Waals surface area contributed by atoms with Crippen molar-refractivity contribution in [1.82, 2.24) is 5.32 Å². The van der Waals surface area contributed by atoms with Gasteiger partial charge >= 0.3 is 5.97 Å². The Morgan fingerprint density at radius 3 is 2.45 bits per heavy atom. The summed E-state index contributed by atoms with van der Waals surface area (Å²) in [5.41, 5.74) is 0. The van der Waals surface area contributed by atoms with Crippen molar-refractivity contribution in [3.63, 3.8) is 0 Å². The van der Waals surface area contributed by atoms with Gasteiger partial charge in [-0.25, -0.2) is 4.79 Å². The number of carbonyl (C=O) groups excluding carboxylic acids is 1. The molecule has 1 atom stereocenters. The molecule has 0 amide bonds. The largest absolute Gasteiger partial charge is 0.358 e. The highest BCUT2D eigenvalue weighted by Gasteiger charge is 2.18. The molecule has 0 bridgehead atoms. The van der Waals surface area contributed by atoms with Crippen LogP contribution < -0.4 is 5.32 Å².